The molecule has 0 fully saturated rings. The molecule has 0 radical (unpaired) electrons. The maximum Gasteiger partial charge on any atom is 0.200 e. The van der Waals surface area contributed by atoms with Gasteiger partial charge in [0, 0.05) is 5.69 Å². The van der Waals surface area contributed by atoms with Crippen LogP contribution in [0.1, 0.15) is 5.56 Å². The predicted molar refractivity (Wildman–Crippen MR) is 65.1 cm³/mol. The molecule has 0 aliphatic carbocycles. The molecule has 8 heteroatoms. The molecule has 21 heavy (non-hydrogen) atoms. The van der Waals surface area contributed by atoms with Gasteiger partial charge in [0.25, 0.3) is 0 Å². The molecule has 108 valence electrons. The Bertz CT molecular complexity index is 738. The van der Waals surface area contributed by atoms with Gasteiger partial charge in [-0.2, -0.15) is 5.26 Å². The first-order chi connectivity index (χ1) is 9.86. The second-order valence-corrected chi connectivity index (χ2v) is 3.98. The fraction of sp³-hybridized carbons (Fsp3) is 0. The largest absolute Gasteiger partial charge is 0.398 e. The van der Waals surface area contributed by atoms with Crippen molar-refractivity contribution in [1.82, 2.24) is 0 Å². The molecule has 0 saturated carbocycles. The summed E-state index contributed by atoms with van der Waals surface area (Å²) in [6.07, 6.45) is 0. The molecule has 0 spiro atoms. The van der Waals surface area contributed by atoms with Crippen molar-refractivity contribution in [3.8, 4) is 6.07 Å². The number of hydrogen-bond acceptors (Lipinski definition) is 3. The van der Waals surface area contributed by atoms with E-state index in [1.165, 1.54) is 12.1 Å². The average molecular weight is 299 g/mol. The van der Waals surface area contributed by atoms with Crippen molar-refractivity contribution in [2.45, 2.75) is 0 Å². The first-order valence-corrected chi connectivity index (χ1v) is 5.45. The Balaban J connectivity index is 2.50. The molecule has 3 nitrogen and oxygen atoms in total. The van der Waals surface area contributed by atoms with Crippen LogP contribution in [0.5, 0.6) is 0 Å². The molecule has 0 bridgehead atoms. The van der Waals surface area contributed by atoms with Crippen molar-refractivity contribution in [3.63, 3.8) is 0 Å². The minimum atomic E-state index is -2.24. The Morgan fingerprint density at radius 1 is 0.905 bits per heavy atom. The van der Waals surface area contributed by atoms with Gasteiger partial charge in [-0.1, -0.05) is 0 Å². The Kier molecular flexibility index (Phi) is 3.67. The number of nitrogens with zero attached hydrogens (tertiary/aromatic N) is 1. The van der Waals surface area contributed by atoms with E-state index in [9.17, 15) is 22.0 Å². The number of hydrogen-bond donors (Lipinski definition) is 2. The molecule has 2 aromatic rings. The zero-order valence-electron chi connectivity index (χ0n) is 10.1. The minimum Gasteiger partial charge on any atom is -0.398 e. The van der Waals surface area contributed by atoms with Crippen LogP contribution < -0.4 is 11.1 Å². The van der Waals surface area contributed by atoms with E-state index in [1.807, 2.05) is 0 Å². The molecule has 0 amide bonds. The molecule has 0 heterocycles. The Hall–Kier alpha value is -2.82. The zero-order valence-corrected chi connectivity index (χ0v) is 10.1. The number of rotatable bonds is 2. The van der Waals surface area contributed by atoms with Gasteiger partial charge in [0.15, 0.2) is 23.3 Å². The van der Waals surface area contributed by atoms with Gasteiger partial charge >= 0.3 is 0 Å². The van der Waals surface area contributed by atoms with Gasteiger partial charge in [0.1, 0.15) is 11.8 Å². The van der Waals surface area contributed by atoms with E-state index >= 15 is 0 Å². The molecule has 0 aliphatic heterocycles. The quantitative estimate of drug-likeness (QED) is 0.385. The highest BCUT2D eigenvalue weighted by Crippen LogP contribution is 2.30. The zero-order chi connectivity index (χ0) is 15.7. The summed E-state index contributed by atoms with van der Waals surface area (Å²) in [5, 5.41) is 10.7. The number of nitrogen functional groups attached to an aromatic ring is 1. The van der Waals surface area contributed by atoms with Gasteiger partial charge in [0.05, 0.1) is 11.3 Å². The van der Waals surface area contributed by atoms with Crippen LogP contribution in [-0.2, 0) is 0 Å². The summed E-state index contributed by atoms with van der Waals surface area (Å²) in [7, 11) is 0. The number of anilines is 3. The molecule has 0 atom stereocenters. The van der Waals surface area contributed by atoms with E-state index in [-0.39, 0.29) is 16.9 Å². The molecule has 0 unspecified atom stereocenters. The number of halogens is 5. The summed E-state index contributed by atoms with van der Waals surface area (Å²) >= 11 is 0. The molecular weight excluding hydrogens is 293 g/mol. The van der Waals surface area contributed by atoms with Crippen LogP contribution in [0.2, 0.25) is 0 Å². The molecule has 0 aliphatic rings. The average Bonchev–Trinajstić information content (AvgIpc) is 2.48. The lowest BCUT2D eigenvalue weighted by atomic mass is 10.1. The van der Waals surface area contributed by atoms with Crippen LogP contribution in [0.15, 0.2) is 18.2 Å². The normalized spacial score (nSPS) is 10.3. The molecule has 0 saturated heterocycles. The predicted octanol–water partition coefficient (Wildman–Crippen LogP) is 3.58. The van der Waals surface area contributed by atoms with Crippen molar-refractivity contribution < 1.29 is 22.0 Å². The van der Waals surface area contributed by atoms with Crippen LogP contribution in [0.25, 0.3) is 0 Å². The van der Waals surface area contributed by atoms with Gasteiger partial charge in [-0.05, 0) is 18.2 Å². The van der Waals surface area contributed by atoms with Gasteiger partial charge in [-0.25, -0.2) is 22.0 Å². The second kappa shape index (κ2) is 5.28. The van der Waals surface area contributed by atoms with Gasteiger partial charge in [-0.3, -0.25) is 0 Å². The number of nitriles is 1. The van der Waals surface area contributed by atoms with Gasteiger partial charge in [-0.15, -0.1) is 0 Å². The molecule has 3 N–H and O–H groups in total. The number of nitrogens with one attached hydrogen (secondary N) is 1. The van der Waals surface area contributed by atoms with E-state index in [4.69, 9.17) is 11.0 Å². The summed E-state index contributed by atoms with van der Waals surface area (Å²) in [6, 6.07) is 5.35. The molecule has 2 rings (SSSR count). The summed E-state index contributed by atoms with van der Waals surface area (Å²) < 4.78 is 65.9. The molecule has 0 aromatic heterocycles. The van der Waals surface area contributed by atoms with E-state index < -0.39 is 34.8 Å². The summed E-state index contributed by atoms with van der Waals surface area (Å²) in [6.45, 7) is 0. The van der Waals surface area contributed by atoms with Crippen molar-refractivity contribution >= 4 is 17.1 Å². The summed E-state index contributed by atoms with van der Waals surface area (Å²) in [5.74, 6) is -10.3. The van der Waals surface area contributed by atoms with Gasteiger partial charge < -0.3 is 11.1 Å². The highest BCUT2D eigenvalue weighted by molar-refractivity contribution is 5.68. The van der Waals surface area contributed by atoms with E-state index in [0.717, 1.165) is 6.07 Å². The smallest absolute Gasteiger partial charge is 0.200 e. The van der Waals surface area contributed by atoms with Crippen LogP contribution >= 0.6 is 0 Å². The lowest BCUT2D eigenvalue weighted by molar-refractivity contribution is 0.382. The highest BCUT2D eigenvalue weighted by Gasteiger charge is 2.25. The number of nitrogens with two attached hydrogens (primary N) is 1. The molecular formula is C13H6F5N3. The third-order valence-electron chi connectivity index (χ3n) is 2.65. The first kappa shape index (κ1) is 14.6. The topological polar surface area (TPSA) is 61.8 Å². The highest BCUT2D eigenvalue weighted by atomic mass is 19.2. The van der Waals surface area contributed by atoms with E-state index in [0.29, 0.717) is 0 Å². The van der Waals surface area contributed by atoms with E-state index in [2.05, 4.69) is 5.32 Å². The maximum atomic E-state index is 13.5. The summed E-state index contributed by atoms with van der Waals surface area (Å²) in [4.78, 5) is 0. The fourth-order valence-electron chi connectivity index (χ4n) is 1.60. The standard InChI is InChI=1S/C13H6F5N3/c14-8-9(15)11(17)13(12(18)10(8)16)21-6-2-1-5(4-19)7(20)3-6/h1-3,21H,20H2. The first-order valence-electron chi connectivity index (χ1n) is 5.45. The third kappa shape index (κ3) is 2.45. The monoisotopic (exact) mass is 299 g/mol. The van der Waals surface area contributed by atoms with Crippen LogP contribution in [0, 0.1) is 40.4 Å². The Morgan fingerprint density at radius 3 is 1.90 bits per heavy atom. The van der Waals surface area contributed by atoms with Crippen molar-refractivity contribution in [3.05, 3.63) is 52.8 Å². The Morgan fingerprint density at radius 2 is 1.43 bits per heavy atom. The molecule has 2 aromatic carbocycles. The van der Waals surface area contributed by atoms with Crippen LogP contribution in [0.3, 0.4) is 0 Å². The minimum absolute atomic E-state index is 0.00799. The lowest BCUT2D eigenvalue weighted by Gasteiger charge is -2.11. The summed E-state index contributed by atoms with van der Waals surface area (Å²) in [5.41, 5.74) is 4.36. The SMILES string of the molecule is N#Cc1ccc(Nc2c(F)c(F)c(F)c(F)c2F)cc1N. The van der Waals surface area contributed by atoms with Crippen LogP contribution in [0.4, 0.5) is 39.0 Å². The number of benzene rings is 2. The van der Waals surface area contributed by atoms with Crippen LogP contribution in [-0.4, -0.2) is 0 Å². The van der Waals surface area contributed by atoms with Crippen molar-refractivity contribution in [1.29, 1.82) is 5.26 Å². The van der Waals surface area contributed by atoms with Gasteiger partial charge in [0.2, 0.25) is 5.82 Å². The fourth-order valence-corrected chi connectivity index (χ4v) is 1.60. The third-order valence-corrected chi connectivity index (χ3v) is 2.65. The lowest BCUT2D eigenvalue weighted by Crippen LogP contribution is -2.07. The Labute approximate surface area is 115 Å². The van der Waals surface area contributed by atoms with Crippen molar-refractivity contribution in [2.24, 2.45) is 0 Å². The van der Waals surface area contributed by atoms with Crippen molar-refractivity contribution in [2.75, 3.05) is 11.1 Å². The van der Waals surface area contributed by atoms with E-state index in [1.54, 1.807) is 6.07 Å². The maximum absolute atomic E-state index is 13.5. The second-order valence-electron chi connectivity index (χ2n) is 3.98.